The number of nitrogens with one attached hydrogen (secondary N) is 1. The Morgan fingerprint density at radius 2 is 2.00 bits per heavy atom. The molecule has 0 saturated carbocycles. The van der Waals surface area contributed by atoms with E-state index in [1.54, 1.807) is 14.2 Å². The molecule has 1 aliphatic rings. The summed E-state index contributed by atoms with van der Waals surface area (Å²) in [7, 11) is 3.42. The maximum atomic E-state index is 5.54. The molecule has 0 bridgehead atoms. The topological polar surface area (TPSA) is 39.7 Å². The van der Waals surface area contributed by atoms with E-state index in [2.05, 4.69) is 18.3 Å². The van der Waals surface area contributed by atoms with Crippen molar-refractivity contribution >= 4 is 0 Å². The molecule has 0 spiro atoms. The lowest BCUT2D eigenvalue weighted by Gasteiger charge is -2.32. The molecular formula is C16H25NO3. The Hall–Kier alpha value is -1.26. The van der Waals surface area contributed by atoms with E-state index >= 15 is 0 Å². The lowest BCUT2D eigenvalue weighted by molar-refractivity contribution is 0.0535. The fourth-order valence-electron chi connectivity index (χ4n) is 2.88. The second-order valence-electron chi connectivity index (χ2n) is 5.09. The third-order valence-electron chi connectivity index (χ3n) is 3.93. The summed E-state index contributed by atoms with van der Waals surface area (Å²) in [4.78, 5) is 0. The number of hydrogen-bond donors (Lipinski definition) is 1. The molecule has 0 radical (unpaired) electrons. The van der Waals surface area contributed by atoms with Crippen LogP contribution >= 0.6 is 0 Å². The molecule has 112 valence electrons. The van der Waals surface area contributed by atoms with Gasteiger partial charge in [0, 0.05) is 24.8 Å². The van der Waals surface area contributed by atoms with Crippen molar-refractivity contribution < 1.29 is 14.2 Å². The molecule has 4 nitrogen and oxygen atoms in total. The summed E-state index contributed by atoms with van der Waals surface area (Å²) in [5, 5.41) is 3.60. The zero-order chi connectivity index (χ0) is 14.4. The summed E-state index contributed by atoms with van der Waals surface area (Å²) < 4.78 is 16.4. The Bertz CT molecular complexity index is 416. The number of benzene rings is 1. The molecular weight excluding hydrogens is 254 g/mol. The molecule has 0 amide bonds. The third-order valence-corrected chi connectivity index (χ3v) is 3.93. The normalized spacial score (nSPS) is 17.8. The molecule has 1 heterocycles. The largest absolute Gasteiger partial charge is 0.497 e. The Balaban J connectivity index is 2.30. The molecule has 20 heavy (non-hydrogen) atoms. The van der Waals surface area contributed by atoms with E-state index in [9.17, 15) is 0 Å². The highest BCUT2D eigenvalue weighted by molar-refractivity contribution is 5.42. The number of methoxy groups -OCH3 is 2. The molecule has 1 N–H and O–H groups in total. The quantitative estimate of drug-likeness (QED) is 0.869. The second kappa shape index (κ2) is 7.50. The van der Waals surface area contributed by atoms with Crippen molar-refractivity contribution in [1.29, 1.82) is 0 Å². The Labute approximate surface area is 121 Å². The van der Waals surface area contributed by atoms with E-state index in [0.717, 1.165) is 44.1 Å². The Kier molecular flexibility index (Phi) is 5.68. The lowest BCUT2D eigenvalue weighted by atomic mass is 9.86. The van der Waals surface area contributed by atoms with Gasteiger partial charge in [-0.15, -0.1) is 0 Å². The van der Waals surface area contributed by atoms with E-state index in [1.165, 1.54) is 5.56 Å². The molecule has 0 aliphatic carbocycles. The van der Waals surface area contributed by atoms with Crippen LogP contribution in [0.2, 0.25) is 0 Å². The van der Waals surface area contributed by atoms with Crippen molar-refractivity contribution in [3.63, 3.8) is 0 Å². The third kappa shape index (κ3) is 3.44. The van der Waals surface area contributed by atoms with E-state index in [-0.39, 0.29) is 6.04 Å². The first-order valence-corrected chi connectivity index (χ1v) is 7.33. The summed E-state index contributed by atoms with van der Waals surface area (Å²) in [5.41, 5.74) is 1.18. The average molecular weight is 279 g/mol. The van der Waals surface area contributed by atoms with Crippen LogP contribution in [0.5, 0.6) is 11.5 Å². The van der Waals surface area contributed by atoms with E-state index in [1.807, 2.05) is 12.1 Å². The SMILES string of the molecule is CCNC(c1cc(OC)ccc1OC)C1CCOCC1. The number of ether oxygens (including phenoxy) is 3. The predicted molar refractivity (Wildman–Crippen MR) is 79.5 cm³/mol. The fraction of sp³-hybridized carbons (Fsp3) is 0.625. The average Bonchev–Trinajstić information content (AvgIpc) is 2.53. The monoisotopic (exact) mass is 279 g/mol. The van der Waals surface area contributed by atoms with Crippen LogP contribution in [0.15, 0.2) is 18.2 Å². The number of hydrogen-bond acceptors (Lipinski definition) is 4. The minimum absolute atomic E-state index is 0.286. The smallest absolute Gasteiger partial charge is 0.123 e. The first-order valence-electron chi connectivity index (χ1n) is 7.33. The van der Waals surface area contributed by atoms with Gasteiger partial charge in [0.25, 0.3) is 0 Å². The van der Waals surface area contributed by atoms with Gasteiger partial charge >= 0.3 is 0 Å². The fourth-order valence-corrected chi connectivity index (χ4v) is 2.88. The van der Waals surface area contributed by atoms with Crippen molar-refractivity contribution in [3.8, 4) is 11.5 Å². The molecule has 1 atom stereocenters. The van der Waals surface area contributed by atoms with E-state index in [4.69, 9.17) is 14.2 Å². The van der Waals surface area contributed by atoms with Gasteiger partial charge in [-0.25, -0.2) is 0 Å². The highest BCUT2D eigenvalue weighted by Gasteiger charge is 2.27. The minimum Gasteiger partial charge on any atom is -0.497 e. The maximum Gasteiger partial charge on any atom is 0.123 e. The van der Waals surface area contributed by atoms with Gasteiger partial charge in [-0.2, -0.15) is 0 Å². The second-order valence-corrected chi connectivity index (χ2v) is 5.09. The standard InChI is InChI=1S/C16H25NO3/c1-4-17-16(12-7-9-20-10-8-12)14-11-13(18-2)5-6-15(14)19-3/h5-6,11-12,16-17H,4,7-10H2,1-3H3. The van der Waals surface area contributed by atoms with Gasteiger partial charge in [0.1, 0.15) is 11.5 Å². The molecule has 2 rings (SSSR count). The van der Waals surface area contributed by atoms with Crippen molar-refractivity contribution in [2.45, 2.75) is 25.8 Å². The van der Waals surface area contributed by atoms with Gasteiger partial charge in [0.15, 0.2) is 0 Å². The Morgan fingerprint density at radius 3 is 2.60 bits per heavy atom. The minimum atomic E-state index is 0.286. The summed E-state index contributed by atoms with van der Waals surface area (Å²) in [5.74, 6) is 2.36. The molecule has 0 aromatic heterocycles. The maximum absolute atomic E-state index is 5.54. The lowest BCUT2D eigenvalue weighted by Crippen LogP contribution is -2.32. The molecule has 1 aromatic rings. The molecule has 1 fully saturated rings. The first kappa shape index (κ1) is 15.1. The van der Waals surface area contributed by atoms with Crippen molar-refractivity contribution in [1.82, 2.24) is 5.32 Å². The molecule has 1 unspecified atom stereocenters. The summed E-state index contributed by atoms with van der Waals surface area (Å²) in [6.45, 7) is 4.76. The van der Waals surface area contributed by atoms with Crippen LogP contribution in [0.4, 0.5) is 0 Å². The summed E-state index contributed by atoms with van der Waals surface area (Å²) in [6, 6.07) is 6.29. The molecule has 1 aliphatic heterocycles. The summed E-state index contributed by atoms with van der Waals surface area (Å²) in [6.07, 6.45) is 2.16. The first-order chi connectivity index (χ1) is 9.80. The highest BCUT2D eigenvalue weighted by Crippen LogP contribution is 2.36. The van der Waals surface area contributed by atoms with Gasteiger partial charge in [-0.1, -0.05) is 6.92 Å². The van der Waals surface area contributed by atoms with Gasteiger partial charge < -0.3 is 19.5 Å². The van der Waals surface area contributed by atoms with Crippen molar-refractivity contribution in [2.24, 2.45) is 5.92 Å². The van der Waals surface area contributed by atoms with Gasteiger partial charge in [0.2, 0.25) is 0 Å². The molecule has 4 heteroatoms. The van der Waals surface area contributed by atoms with Gasteiger partial charge in [-0.3, -0.25) is 0 Å². The molecule has 1 aromatic carbocycles. The van der Waals surface area contributed by atoms with Crippen LogP contribution in [0, 0.1) is 5.92 Å². The van der Waals surface area contributed by atoms with Crippen LogP contribution in [0.1, 0.15) is 31.4 Å². The van der Waals surface area contributed by atoms with E-state index < -0.39 is 0 Å². The zero-order valence-corrected chi connectivity index (χ0v) is 12.6. The summed E-state index contributed by atoms with van der Waals surface area (Å²) >= 11 is 0. The Morgan fingerprint density at radius 1 is 1.25 bits per heavy atom. The zero-order valence-electron chi connectivity index (χ0n) is 12.6. The van der Waals surface area contributed by atoms with Crippen molar-refractivity contribution in [2.75, 3.05) is 34.0 Å². The van der Waals surface area contributed by atoms with Gasteiger partial charge in [-0.05, 0) is 43.5 Å². The molecule has 1 saturated heterocycles. The van der Waals surface area contributed by atoms with Crippen molar-refractivity contribution in [3.05, 3.63) is 23.8 Å². The van der Waals surface area contributed by atoms with Crippen LogP contribution in [-0.2, 0) is 4.74 Å². The van der Waals surface area contributed by atoms with Gasteiger partial charge in [0.05, 0.1) is 14.2 Å². The highest BCUT2D eigenvalue weighted by atomic mass is 16.5. The van der Waals surface area contributed by atoms with Crippen LogP contribution in [-0.4, -0.2) is 34.0 Å². The number of rotatable bonds is 6. The van der Waals surface area contributed by atoms with E-state index in [0.29, 0.717) is 5.92 Å². The van der Waals surface area contributed by atoms with Crippen LogP contribution in [0.25, 0.3) is 0 Å². The van der Waals surface area contributed by atoms with Crippen LogP contribution in [0.3, 0.4) is 0 Å². The van der Waals surface area contributed by atoms with Crippen LogP contribution < -0.4 is 14.8 Å². The predicted octanol–water partition coefficient (Wildman–Crippen LogP) is 2.78.